The van der Waals surface area contributed by atoms with Gasteiger partial charge in [-0.15, -0.1) is 0 Å². The van der Waals surface area contributed by atoms with Gasteiger partial charge in [0.2, 0.25) is 0 Å². The highest BCUT2D eigenvalue weighted by atomic mass is 16.3. The molecule has 2 aromatic rings. The first-order valence-corrected chi connectivity index (χ1v) is 5.36. The van der Waals surface area contributed by atoms with Crippen molar-refractivity contribution in [1.29, 1.82) is 0 Å². The Balaban J connectivity index is 0.000000181. The van der Waals surface area contributed by atoms with Crippen molar-refractivity contribution in [2.75, 3.05) is 0 Å². The fourth-order valence-corrected chi connectivity index (χ4v) is 1.31. The lowest BCUT2D eigenvalue weighted by atomic mass is 10.1. The lowest BCUT2D eigenvalue weighted by Gasteiger charge is -1.96. The van der Waals surface area contributed by atoms with Crippen molar-refractivity contribution in [3.63, 3.8) is 0 Å². The largest absolute Gasteiger partial charge is 0.508 e. The molecule has 1 nitrogen and oxygen atoms in total. The molecule has 0 unspecified atom stereocenters. The molecule has 0 heterocycles. The average molecular weight is 224 g/mol. The normalized spacial score (nSPS) is 8.71. The van der Waals surface area contributed by atoms with Crippen LogP contribution in [0.4, 0.5) is 0 Å². The van der Waals surface area contributed by atoms with E-state index >= 15 is 0 Å². The van der Waals surface area contributed by atoms with E-state index in [0.29, 0.717) is 5.75 Å². The number of aromatic hydroxyl groups is 1. The summed E-state index contributed by atoms with van der Waals surface area (Å²) in [5, 5.41) is 8.63. The number of hydrogen-bond acceptors (Lipinski definition) is 1. The van der Waals surface area contributed by atoms with E-state index in [1.165, 1.54) is 0 Å². The van der Waals surface area contributed by atoms with E-state index in [-0.39, 0.29) is 0 Å². The molecule has 0 atom stereocenters. The number of benzene rings is 2. The highest BCUT2D eigenvalue weighted by Gasteiger charge is 1.89. The Hall–Kier alpha value is -2.28. The van der Waals surface area contributed by atoms with Gasteiger partial charge in [0.1, 0.15) is 5.75 Å². The van der Waals surface area contributed by atoms with Crippen LogP contribution in [0.25, 0.3) is 12.2 Å². The highest BCUT2D eigenvalue weighted by Crippen LogP contribution is 2.10. The fourth-order valence-electron chi connectivity index (χ4n) is 1.31. The average Bonchev–Trinajstić information content (AvgIpc) is 2.40. The summed E-state index contributed by atoms with van der Waals surface area (Å²) in [6.45, 7) is 7.38. The quantitative estimate of drug-likeness (QED) is 0.803. The minimum atomic E-state index is 0.322. The molecule has 0 saturated carbocycles. The molecule has 2 rings (SSSR count). The first-order valence-electron chi connectivity index (χ1n) is 5.36. The molecule has 0 aliphatic carbocycles. The second-order valence-corrected chi connectivity index (χ2v) is 3.37. The van der Waals surface area contributed by atoms with Crippen LogP contribution in [-0.4, -0.2) is 5.11 Å². The summed E-state index contributed by atoms with van der Waals surface area (Å²) >= 11 is 0. The third-order valence-corrected chi connectivity index (χ3v) is 2.19. The molecule has 0 aliphatic heterocycles. The zero-order valence-electron chi connectivity index (χ0n) is 9.71. The molecule has 0 spiro atoms. The number of para-hydroxylation sites is 1. The summed E-state index contributed by atoms with van der Waals surface area (Å²) < 4.78 is 0. The Morgan fingerprint density at radius 3 is 1.41 bits per heavy atom. The van der Waals surface area contributed by atoms with Crippen molar-refractivity contribution in [1.82, 2.24) is 0 Å². The molecular formula is C16H16O. The molecule has 0 fully saturated rings. The lowest BCUT2D eigenvalue weighted by molar-refractivity contribution is 0.475. The van der Waals surface area contributed by atoms with Crippen molar-refractivity contribution in [3.8, 4) is 5.75 Å². The second kappa shape index (κ2) is 7.07. The van der Waals surface area contributed by atoms with E-state index in [0.717, 1.165) is 11.1 Å². The van der Waals surface area contributed by atoms with Gasteiger partial charge in [-0.3, -0.25) is 0 Å². The Bertz CT molecular complexity index is 445. The highest BCUT2D eigenvalue weighted by molar-refractivity contribution is 5.63. The van der Waals surface area contributed by atoms with Gasteiger partial charge in [0.25, 0.3) is 0 Å². The van der Waals surface area contributed by atoms with Crippen LogP contribution in [0.15, 0.2) is 67.8 Å². The SMILES string of the molecule is C=Cc1ccccc1C=C.Oc1ccccc1. The second-order valence-electron chi connectivity index (χ2n) is 3.37. The first-order chi connectivity index (χ1) is 8.27. The Morgan fingerprint density at radius 2 is 1.12 bits per heavy atom. The van der Waals surface area contributed by atoms with Gasteiger partial charge in [0.15, 0.2) is 0 Å². The summed E-state index contributed by atoms with van der Waals surface area (Å²) in [7, 11) is 0. The summed E-state index contributed by atoms with van der Waals surface area (Å²) in [6.07, 6.45) is 3.66. The minimum absolute atomic E-state index is 0.322. The zero-order chi connectivity index (χ0) is 12.5. The molecule has 17 heavy (non-hydrogen) atoms. The van der Waals surface area contributed by atoms with Crippen LogP contribution in [0.3, 0.4) is 0 Å². The van der Waals surface area contributed by atoms with Gasteiger partial charge in [0.05, 0.1) is 0 Å². The fraction of sp³-hybridized carbons (Fsp3) is 0. The van der Waals surface area contributed by atoms with Gasteiger partial charge >= 0.3 is 0 Å². The summed E-state index contributed by atoms with van der Waals surface area (Å²) in [4.78, 5) is 0. The molecule has 0 bridgehead atoms. The molecule has 86 valence electrons. The Kier molecular flexibility index (Phi) is 5.32. The van der Waals surface area contributed by atoms with Crippen molar-refractivity contribution in [2.45, 2.75) is 0 Å². The third kappa shape index (κ3) is 4.39. The van der Waals surface area contributed by atoms with Gasteiger partial charge in [-0.05, 0) is 23.3 Å². The monoisotopic (exact) mass is 224 g/mol. The maximum absolute atomic E-state index is 8.63. The van der Waals surface area contributed by atoms with Gasteiger partial charge in [-0.1, -0.05) is 67.8 Å². The van der Waals surface area contributed by atoms with E-state index in [2.05, 4.69) is 13.2 Å². The van der Waals surface area contributed by atoms with Gasteiger partial charge in [-0.25, -0.2) is 0 Å². The third-order valence-electron chi connectivity index (χ3n) is 2.19. The van der Waals surface area contributed by atoms with Crippen molar-refractivity contribution in [3.05, 3.63) is 78.9 Å². The first kappa shape index (κ1) is 12.8. The molecule has 1 heteroatoms. The van der Waals surface area contributed by atoms with Crippen molar-refractivity contribution < 1.29 is 5.11 Å². The van der Waals surface area contributed by atoms with Crippen molar-refractivity contribution in [2.24, 2.45) is 0 Å². The number of hydrogen-bond donors (Lipinski definition) is 1. The molecule has 0 aromatic heterocycles. The number of phenolic OH excluding ortho intramolecular Hbond substituents is 1. The summed E-state index contributed by atoms with van der Waals surface area (Å²) in [6, 6.07) is 16.7. The van der Waals surface area contributed by atoms with Crippen LogP contribution in [0.2, 0.25) is 0 Å². The van der Waals surface area contributed by atoms with Gasteiger partial charge < -0.3 is 5.11 Å². The topological polar surface area (TPSA) is 20.2 Å². The zero-order valence-corrected chi connectivity index (χ0v) is 9.71. The summed E-state index contributed by atoms with van der Waals surface area (Å²) in [5.74, 6) is 0.322. The minimum Gasteiger partial charge on any atom is -0.508 e. The number of phenols is 1. The van der Waals surface area contributed by atoms with E-state index in [9.17, 15) is 0 Å². The Morgan fingerprint density at radius 1 is 0.706 bits per heavy atom. The van der Waals surface area contributed by atoms with Crippen LogP contribution < -0.4 is 0 Å². The molecule has 0 radical (unpaired) electrons. The van der Waals surface area contributed by atoms with E-state index in [1.807, 2.05) is 42.5 Å². The van der Waals surface area contributed by atoms with Crippen molar-refractivity contribution >= 4 is 12.2 Å². The molecule has 1 N–H and O–H groups in total. The summed E-state index contributed by atoms with van der Waals surface area (Å²) in [5.41, 5.74) is 2.27. The molecule has 0 aliphatic rings. The molecule has 0 amide bonds. The van der Waals surface area contributed by atoms with Gasteiger partial charge in [-0.2, -0.15) is 0 Å². The molecule has 2 aromatic carbocycles. The molecular weight excluding hydrogens is 208 g/mol. The van der Waals surface area contributed by atoms with Crippen LogP contribution in [0.1, 0.15) is 11.1 Å². The van der Waals surface area contributed by atoms with Crippen LogP contribution >= 0.6 is 0 Å². The van der Waals surface area contributed by atoms with Crippen LogP contribution in [0, 0.1) is 0 Å². The number of rotatable bonds is 2. The molecule has 0 saturated heterocycles. The maximum atomic E-state index is 8.63. The predicted octanol–water partition coefficient (Wildman–Crippen LogP) is 4.36. The van der Waals surface area contributed by atoms with E-state index in [4.69, 9.17) is 5.11 Å². The Labute approximate surface area is 102 Å². The predicted molar refractivity (Wildman–Crippen MR) is 74.7 cm³/mol. The standard InChI is InChI=1S/C10H10.C6H6O/c1-3-9-7-5-6-8-10(9)4-2;7-6-4-2-1-3-5-6/h3-8H,1-2H2;1-5,7H. The maximum Gasteiger partial charge on any atom is 0.115 e. The lowest BCUT2D eigenvalue weighted by Crippen LogP contribution is -1.76. The van der Waals surface area contributed by atoms with Crippen LogP contribution in [0.5, 0.6) is 5.75 Å². The smallest absolute Gasteiger partial charge is 0.115 e. The van der Waals surface area contributed by atoms with Crippen LogP contribution in [-0.2, 0) is 0 Å². The van der Waals surface area contributed by atoms with Gasteiger partial charge in [0, 0.05) is 0 Å². The van der Waals surface area contributed by atoms with E-state index < -0.39 is 0 Å². The van der Waals surface area contributed by atoms with E-state index in [1.54, 1.807) is 24.3 Å².